The van der Waals surface area contributed by atoms with Crippen molar-refractivity contribution in [1.82, 2.24) is 10.6 Å². The molecule has 2 heterocycles. The minimum Gasteiger partial charge on any atom is -0.445 e. The van der Waals surface area contributed by atoms with Crippen LogP contribution in [0.25, 0.3) is 0 Å². The normalized spacial score (nSPS) is 23.3. The number of hydrogen-bond acceptors (Lipinski definition) is 11. The summed E-state index contributed by atoms with van der Waals surface area (Å²) >= 11 is 1.36. The van der Waals surface area contributed by atoms with Crippen molar-refractivity contribution < 1.29 is 43.0 Å². The van der Waals surface area contributed by atoms with E-state index in [0.29, 0.717) is 24.3 Å². The number of rotatable bonds is 12. The second-order valence-electron chi connectivity index (χ2n) is 8.50. The molecule has 0 saturated carbocycles. The summed E-state index contributed by atoms with van der Waals surface area (Å²) in [7, 11) is 0. The zero-order valence-electron chi connectivity index (χ0n) is 20.7. The van der Waals surface area contributed by atoms with Gasteiger partial charge in [0, 0.05) is 31.0 Å². The van der Waals surface area contributed by atoms with Crippen LogP contribution in [0.3, 0.4) is 0 Å². The van der Waals surface area contributed by atoms with Crippen molar-refractivity contribution >= 4 is 41.4 Å². The lowest BCUT2D eigenvalue weighted by molar-refractivity contribution is -0.384. The van der Waals surface area contributed by atoms with E-state index < -0.39 is 46.6 Å². The summed E-state index contributed by atoms with van der Waals surface area (Å²) in [6, 6.07) is 5.03. The highest BCUT2D eigenvalue weighted by molar-refractivity contribution is 8.00. The van der Waals surface area contributed by atoms with Gasteiger partial charge < -0.3 is 29.6 Å². The third kappa shape index (κ3) is 7.68. The minimum absolute atomic E-state index is 0.0265. The molecule has 2 aliphatic rings. The van der Waals surface area contributed by atoms with Crippen LogP contribution in [0.4, 0.5) is 15.3 Å². The molecule has 2 saturated heterocycles. The number of benzene rings is 1. The molecule has 0 spiro atoms. The number of nitro groups is 1. The molecule has 13 nitrogen and oxygen atoms in total. The van der Waals surface area contributed by atoms with E-state index in [1.807, 2.05) is 0 Å². The molecular weight excluding hydrogens is 522 g/mol. The first kappa shape index (κ1) is 28.9. The Morgan fingerprint density at radius 2 is 2.05 bits per heavy atom. The van der Waals surface area contributed by atoms with Crippen LogP contribution in [0.15, 0.2) is 36.9 Å². The smallest absolute Gasteiger partial charge is 0.445 e. The van der Waals surface area contributed by atoms with Crippen LogP contribution in [-0.2, 0) is 35.1 Å². The van der Waals surface area contributed by atoms with Crippen LogP contribution in [0, 0.1) is 16.0 Å². The number of nitro benzene ring substituents is 1. The predicted molar refractivity (Wildman–Crippen MR) is 134 cm³/mol. The highest BCUT2D eigenvalue weighted by Gasteiger charge is 2.53. The van der Waals surface area contributed by atoms with Gasteiger partial charge in [0.25, 0.3) is 5.69 Å². The Labute approximate surface area is 222 Å². The fourth-order valence-corrected chi connectivity index (χ4v) is 5.06. The van der Waals surface area contributed by atoms with Gasteiger partial charge in [-0.25, -0.2) is 9.59 Å². The number of thioether (sulfide) groups is 1. The molecule has 1 aromatic carbocycles. The number of β-lactam (4-membered cyclic amide) rings is 1. The van der Waals surface area contributed by atoms with Gasteiger partial charge in [0.05, 0.1) is 22.1 Å². The molecule has 1 aromatic rings. The van der Waals surface area contributed by atoms with E-state index in [1.165, 1.54) is 42.1 Å². The van der Waals surface area contributed by atoms with Crippen molar-refractivity contribution in [3.63, 3.8) is 0 Å². The number of ether oxygens (including phenoxy) is 4. The number of carbonyl (C=O) groups excluding carboxylic acids is 4. The van der Waals surface area contributed by atoms with E-state index >= 15 is 0 Å². The molecule has 2 amide bonds. The van der Waals surface area contributed by atoms with Crippen molar-refractivity contribution in [2.24, 2.45) is 5.92 Å². The number of nitrogens with zero attached hydrogens (tertiary/aromatic N) is 1. The molecular formula is C24H29N3O10S. The molecule has 1 unspecified atom stereocenters. The zero-order valence-corrected chi connectivity index (χ0v) is 21.5. The Balaban J connectivity index is 1.40. The molecule has 0 aliphatic carbocycles. The standard InChI is InChI=1S/C24H29N3O10S/c1-3-10-35-24(31)37-14(2)18-19(26-22(18)29)21-20(28)17(8-11-34-21)38-12-9-25-23(30)36-13-15-4-6-16(7-5-15)27(32)33/h3-7,14,17-19,21H,1,8-13H2,2H3,(H,25,30)(H,26,29)/t14-,17?,18-,19+,21-/m1/s1. The second-order valence-corrected chi connectivity index (χ2v) is 9.81. The summed E-state index contributed by atoms with van der Waals surface area (Å²) in [6.07, 6.45) is -1.41. The minimum atomic E-state index is -0.932. The van der Waals surface area contributed by atoms with E-state index in [-0.39, 0.29) is 37.1 Å². The molecule has 38 heavy (non-hydrogen) atoms. The van der Waals surface area contributed by atoms with Crippen LogP contribution >= 0.6 is 11.8 Å². The van der Waals surface area contributed by atoms with Crippen molar-refractivity contribution in [1.29, 1.82) is 0 Å². The average molecular weight is 552 g/mol. The first-order valence-electron chi connectivity index (χ1n) is 11.9. The topological polar surface area (TPSA) is 172 Å². The Bertz CT molecular complexity index is 1050. The van der Waals surface area contributed by atoms with E-state index in [4.69, 9.17) is 18.9 Å². The summed E-state index contributed by atoms with van der Waals surface area (Å²) in [4.78, 5) is 59.0. The number of nitrogens with one attached hydrogen (secondary N) is 2. The van der Waals surface area contributed by atoms with Gasteiger partial charge in [-0.1, -0.05) is 12.7 Å². The van der Waals surface area contributed by atoms with Gasteiger partial charge in [0.2, 0.25) is 5.91 Å². The lowest BCUT2D eigenvalue weighted by atomic mass is 9.80. The van der Waals surface area contributed by atoms with Gasteiger partial charge in [-0.2, -0.15) is 0 Å². The molecule has 2 fully saturated rings. The van der Waals surface area contributed by atoms with Gasteiger partial charge in [0.15, 0.2) is 5.78 Å². The van der Waals surface area contributed by atoms with E-state index in [1.54, 1.807) is 6.92 Å². The SMILES string of the molecule is C=CCOC(=O)O[C@H](C)[C@H]1C(=O)N[C@@H]1[C@H]1OCCC(SCCNC(=O)OCc2ccc([N+](=O)[O-])cc2)C1=O. The number of Topliss-reactive ketones (excluding diaryl/α,β-unsaturated/α-hetero) is 1. The monoisotopic (exact) mass is 551 g/mol. The van der Waals surface area contributed by atoms with Crippen LogP contribution in [0.1, 0.15) is 18.9 Å². The predicted octanol–water partition coefficient (Wildman–Crippen LogP) is 2.12. The average Bonchev–Trinajstić information content (AvgIpc) is 2.88. The van der Waals surface area contributed by atoms with E-state index in [2.05, 4.69) is 17.2 Å². The van der Waals surface area contributed by atoms with E-state index in [0.717, 1.165) is 0 Å². The molecule has 14 heteroatoms. The van der Waals surface area contributed by atoms with Crippen LogP contribution < -0.4 is 10.6 Å². The van der Waals surface area contributed by atoms with Crippen molar-refractivity contribution in [3.05, 3.63) is 52.6 Å². The summed E-state index contributed by atoms with van der Waals surface area (Å²) in [5.41, 5.74) is 0.552. The molecule has 0 aromatic heterocycles. The van der Waals surface area contributed by atoms with Gasteiger partial charge in [-0.15, -0.1) is 11.8 Å². The van der Waals surface area contributed by atoms with Crippen molar-refractivity contribution in [3.8, 4) is 0 Å². The zero-order chi connectivity index (χ0) is 27.7. The number of carbonyl (C=O) groups is 4. The van der Waals surface area contributed by atoms with Crippen LogP contribution in [-0.4, -0.2) is 77.9 Å². The van der Waals surface area contributed by atoms with Crippen molar-refractivity contribution in [2.45, 2.75) is 43.5 Å². The first-order valence-corrected chi connectivity index (χ1v) is 12.9. The van der Waals surface area contributed by atoms with Gasteiger partial charge in [0.1, 0.15) is 25.4 Å². The fourth-order valence-electron chi connectivity index (χ4n) is 4.00. The molecule has 0 bridgehead atoms. The second kappa shape index (κ2) is 13.8. The fraction of sp³-hybridized carbons (Fsp3) is 0.500. The molecule has 2 N–H and O–H groups in total. The largest absolute Gasteiger partial charge is 0.508 e. The van der Waals surface area contributed by atoms with Crippen LogP contribution in [0.5, 0.6) is 0 Å². The molecule has 2 aliphatic heterocycles. The molecule has 3 rings (SSSR count). The maximum absolute atomic E-state index is 13.1. The number of alkyl carbamates (subject to hydrolysis) is 1. The summed E-state index contributed by atoms with van der Waals surface area (Å²) in [6.45, 7) is 5.49. The maximum Gasteiger partial charge on any atom is 0.508 e. The van der Waals surface area contributed by atoms with Gasteiger partial charge in [-0.3, -0.25) is 19.7 Å². The number of ketones is 1. The summed E-state index contributed by atoms with van der Waals surface area (Å²) in [5, 5.41) is 15.6. The summed E-state index contributed by atoms with van der Waals surface area (Å²) in [5.74, 6) is -0.846. The number of non-ortho nitro benzene ring substituents is 1. The number of amides is 2. The third-order valence-electron chi connectivity index (χ3n) is 5.91. The van der Waals surface area contributed by atoms with Crippen molar-refractivity contribution in [2.75, 3.05) is 25.5 Å². The lowest BCUT2D eigenvalue weighted by Gasteiger charge is -2.44. The van der Waals surface area contributed by atoms with E-state index in [9.17, 15) is 29.3 Å². The lowest BCUT2D eigenvalue weighted by Crippen LogP contribution is -2.70. The highest BCUT2D eigenvalue weighted by atomic mass is 32.2. The maximum atomic E-state index is 13.1. The Kier molecular flexibility index (Phi) is 10.5. The summed E-state index contributed by atoms with van der Waals surface area (Å²) < 4.78 is 20.7. The molecule has 206 valence electrons. The van der Waals surface area contributed by atoms with Crippen LogP contribution in [0.2, 0.25) is 0 Å². The number of hydrogen-bond donors (Lipinski definition) is 2. The molecule has 5 atom stereocenters. The van der Waals surface area contributed by atoms with Gasteiger partial charge >= 0.3 is 12.2 Å². The quantitative estimate of drug-likeness (QED) is 0.0973. The van der Waals surface area contributed by atoms with Gasteiger partial charge in [-0.05, 0) is 31.0 Å². The Morgan fingerprint density at radius 1 is 1.32 bits per heavy atom. The Morgan fingerprint density at radius 3 is 2.71 bits per heavy atom. The first-order chi connectivity index (χ1) is 18.2. The molecule has 0 radical (unpaired) electrons. The Hall–Kier alpha value is -3.65. The highest BCUT2D eigenvalue weighted by Crippen LogP contribution is 2.31. The third-order valence-corrected chi connectivity index (χ3v) is 7.22.